The van der Waals surface area contributed by atoms with Crippen LogP contribution in [0.3, 0.4) is 0 Å². The third kappa shape index (κ3) is 2.36. The lowest BCUT2D eigenvalue weighted by atomic mass is 10.1. The van der Waals surface area contributed by atoms with Crippen LogP contribution in [0.2, 0.25) is 0 Å². The second-order valence-electron chi connectivity index (χ2n) is 4.05. The van der Waals surface area contributed by atoms with Crippen LogP contribution in [0.15, 0.2) is 12.7 Å². The molecule has 0 unspecified atom stereocenters. The molecule has 1 atom stereocenters. The maximum Gasteiger partial charge on any atom is 0.165 e. The largest absolute Gasteiger partial charge is 0.382 e. The van der Waals surface area contributed by atoms with E-state index in [-0.39, 0.29) is 0 Å². The molecule has 0 aromatic carbocycles. The van der Waals surface area contributed by atoms with Crippen molar-refractivity contribution in [1.29, 1.82) is 0 Å². The fourth-order valence-electron chi connectivity index (χ4n) is 1.91. The Morgan fingerprint density at radius 2 is 2.24 bits per heavy atom. The number of anilines is 1. The number of aryl methyl sites for hydroxylation is 1. The lowest BCUT2D eigenvalue weighted by Crippen LogP contribution is -2.25. The third-order valence-corrected chi connectivity index (χ3v) is 3.05. The molecule has 0 fully saturated rings. The van der Waals surface area contributed by atoms with E-state index in [2.05, 4.69) is 27.2 Å². The van der Waals surface area contributed by atoms with Crippen LogP contribution in [0.5, 0.6) is 0 Å². The fourth-order valence-corrected chi connectivity index (χ4v) is 1.91. The fraction of sp³-hybridized carbons (Fsp3) is 0.545. The first-order chi connectivity index (χ1) is 8.26. The van der Waals surface area contributed by atoms with Gasteiger partial charge in [-0.05, 0) is 19.9 Å². The van der Waals surface area contributed by atoms with Crippen molar-refractivity contribution < 1.29 is 0 Å². The van der Waals surface area contributed by atoms with E-state index in [1.165, 1.54) is 6.33 Å². The second kappa shape index (κ2) is 5.09. The summed E-state index contributed by atoms with van der Waals surface area (Å²) in [6.07, 6.45) is 5.41. The Kier molecular flexibility index (Phi) is 3.53. The minimum absolute atomic E-state index is 0.439. The number of nitrogens with zero attached hydrogens (tertiary/aromatic N) is 4. The number of hydrogen-bond acceptors (Lipinski definition) is 5. The molecule has 0 saturated heterocycles. The van der Waals surface area contributed by atoms with E-state index in [4.69, 9.17) is 5.73 Å². The molecule has 6 heteroatoms. The molecule has 2 aromatic rings. The summed E-state index contributed by atoms with van der Waals surface area (Å²) in [5.74, 6) is 0.439. The molecule has 2 aromatic heterocycles. The van der Waals surface area contributed by atoms with Crippen LogP contribution < -0.4 is 11.1 Å². The maximum absolute atomic E-state index is 5.74. The van der Waals surface area contributed by atoms with E-state index < -0.39 is 0 Å². The first-order valence-electron chi connectivity index (χ1n) is 5.84. The highest BCUT2D eigenvalue weighted by Gasteiger charge is 2.09. The Labute approximate surface area is 100 Å². The van der Waals surface area contributed by atoms with E-state index in [1.54, 1.807) is 6.33 Å². The molecule has 0 amide bonds. The highest BCUT2D eigenvalue weighted by atomic mass is 15.1. The van der Waals surface area contributed by atoms with Gasteiger partial charge in [-0.15, -0.1) is 0 Å². The number of nitrogens with one attached hydrogen (secondary N) is 1. The van der Waals surface area contributed by atoms with Crippen LogP contribution in [0, 0.1) is 0 Å². The van der Waals surface area contributed by atoms with E-state index in [1.807, 2.05) is 11.6 Å². The number of nitrogen functional groups attached to an aromatic ring is 1. The van der Waals surface area contributed by atoms with Crippen LogP contribution in [0.1, 0.15) is 19.8 Å². The predicted molar refractivity (Wildman–Crippen MR) is 67.5 cm³/mol. The van der Waals surface area contributed by atoms with Gasteiger partial charge >= 0.3 is 0 Å². The van der Waals surface area contributed by atoms with Gasteiger partial charge in [0.2, 0.25) is 0 Å². The van der Waals surface area contributed by atoms with Gasteiger partial charge in [0.05, 0.1) is 6.33 Å². The zero-order valence-corrected chi connectivity index (χ0v) is 10.2. The van der Waals surface area contributed by atoms with Crippen LogP contribution in [0.4, 0.5) is 5.82 Å². The van der Waals surface area contributed by atoms with Gasteiger partial charge in [-0.1, -0.05) is 6.92 Å². The quantitative estimate of drug-likeness (QED) is 0.799. The van der Waals surface area contributed by atoms with Gasteiger partial charge in [0, 0.05) is 12.6 Å². The number of aromatic nitrogens is 4. The van der Waals surface area contributed by atoms with Crippen molar-refractivity contribution in [1.82, 2.24) is 24.8 Å². The van der Waals surface area contributed by atoms with E-state index in [0.717, 1.165) is 25.0 Å². The maximum atomic E-state index is 5.74. The van der Waals surface area contributed by atoms with E-state index in [9.17, 15) is 0 Å². The van der Waals surface area contributed by atoms with Crippen molar-refractivity contribution in [2.75, 3.05) is 12.8 Å². The molecule has 0 bridgehead atoms. The number of hydrogen-bond donors (Lipinski definition) is 2. The molecular formula is C11H18N6. The third-order valence-electron chi connectivity index (χ3n) is 3.05. The summed E-state index contributed by atoms with van der Waals surface area (Å²) in [7, 11) is 1.99. The molecule has 0 aliphatic heterocycles. The molecule has 3 N–H and O–H groups in total. The van der Waals surface area contributed by atoms with Crippen molar-refractivity contribution in [3.05, 3.63) is 12.7 Å². The zero-order valence-electron chi connectivity index (χ0n) is 10.2. The standard InChI is InChI=1S/C11H18N6/c1-3-8(13-2)4-5-17-7-16-9-10(12)14-6-15-11(9)17/h6-8,13H,3-5H2,1-2H3,(H2,12,14,15)/t8-/m1/s1. The number of fused-ring (bicyclic) bond motifs is 1. The Balaban J connectivity index is 2.17. The molecule has 0 radical (unpaired) electrons. The lowest BCUT2D eigenvalue weighted by Gasteiger charge is -2.13. The Hall–Kier alpha value is -1.69. The Morgan fingerprint density at radius 3 is 2.94 bits per heavy atom. The second-order valence-corrected chi connectivity index (χ2v) is 4.05. The summed E-state index contributed by atoms with van der Waals surface area (Å²) in [4.78, 5) is 12.4. The highest BCUT2D eigenvalue weighted by Crippen LogP contribution is 2.14. The summed E-state index contributed by atoms with van der Waals surface area (Å²) < 4.78 is 2.02. The van der Waals surface area contributed by atoms with Gasteiger partial charge in [-0.3, -0.25) is 0 Å². The molecule has 17 heavy (non-hydrogen) atoms. The van der Waals surface area contributed by atoms with Crippen LogP contribution in [0.25, 0.3) is 11.2 Å². The van der Waals surface area contributed by atoms with Crippen molar-refractivity contribution in [2.24, 2.45) is 0 Å². The van der Waals surface area contributed by atoms with E-state index in [0.29, 0.717) is 17.4 Å². The first kappa shape index (κ1) is 11.8. The molecular weight excluding hydrogens is 216 g/mol. The minimum Gasteiger partial charge on any atom is -0.382 e. The topological polar surface area (TPSA) is 81.7 Å². The zero-order chi connectivity index (χ0) is 12.3. The number of nitrogens with two attached hydrogens (primary N) is 1. The monoisotopic (exact) mass is 234 g/mol. The van der Waals surface area contributed by atoms with Gasteiger partial charge in [-0.2, -0.15) is 0 Å². The molecule has 2 rings (SSSR count). The Bertz CT molecular complexity index is 488. The van der Waals surface area contributed by atoms with Gasteiger partial charge < -0.3 is 15.6 Å². The normalized spacial score (nSPS) is 13.1. The number of imidazole rings is 1. The summed E-state index contributed by atoms with van der Waals surface area (Å²) in [5, 5.41) is 3.28. The van der Waals surface area contributed by atoms with Crippen LogP contribution in [-0.4, -0.2) is 32.6 Å². The van der Waals surface area contributed by atoms with Gasteiger partial charge in [0.15, 0.2) is 11.5 Å². The molecule has 0 saturated carbocycles. The number of rotatable bonds is 5. The molecule has 0 aliphatic carbocycles. The van der Waals surface area contributed by atoms with Crippen LogP contribution in [-0.2, 0) is 6.54 Å². The predicted octanol–water partition coefficient (Wildman–Crippen LogP) is 0.797. The van der Waals surface area contributed by atoms with Crippen molar-refractivity contribution >= 4 is 17.0 Å². The summed E-state index contributed by atoms with van der Waals surface area (Å²) in [6.45, 7) is 3.06. The molecule has 0 spiro atoms. The minimum atomic E-state index is 0.439. The summed E-state index contributed by atoms with van der Waals surface area (Å²) >= 11 is 0. The van der Waals surface area contributed by atoms with Gasteiger partial charge in [0.25, 0.3) is 0 Å². The molecule has 6 nitrogen and oxygen atoms in total. The van der Waals surface area contributed by atoms with Gasteiger partial charge in [-0.25, -0.2) is 15.0 Å². The van der Waals surface area contributed by atoms with Crippen molar-refractivity contribution in [3.63, 3.8) is 0 Å². The molecule has 0 aliphatic rings. The lowest BCUT2D eigenvalue weighted by molar-refractivity contribution is 0.472. The average Bonchev–Trinajstić information content (AvgIpc) is 2.75. The first-order valence-corrected chi connectivity index (χ1v) is 5.84. The Morgan fingerprint density at radius 1 is 1.41 bits per heavy atom. The smallest absolute Gasteiger partial charge is 0.165 e. The highest BCUT2D eigenvalue weighted by molar-refractivity contribution is 5.80. The summed E-state index contributed by atoms with van der Waals surface area (Å²) in [6, 6.07) is 0.520. The van der Waals surface area contributed by atoms with E-state index >= 15 is 0 Å². The summed E-state index contributed by atoms with van der Waals surface area (Å²) in [5.41, 5.74) is 7.23. The van der Waals surface area contributed by atoms with Gasteiger partial charge in [0.1, 0.15) is 11.8 Å². The SMILES string of the molecule is CC[C@H](CCn1cnc2c(N)ncnc21)NC. The van der Waals surface area contributed by atoms with Crippen LogP contribution >= 0.6 is 0 Å². The van der Waals surface area contributed by atoms with Crippen molar-refractivity contribution in [3.8, 4) is 0 Å². The average molecular weight is 234 g/mol. The molecule has 92 valence electrons. The van der Waals surface area contributed by atoms with Crippen molar-refractivity contribution in [2.45, 2.75) is 32.4 Å². The molecule has 2 heterocycles.